The Morgan fingerprint density at radius 1 is 0.649 bits per heavy atom. The zero-order valence-corrected chi connectivity index (χ0v) is 20.9. The van der Waals surface area contributed by atoms with Crippen molar-refractivity contribution in [3.63, 3.8) is 0 Å². The highest BCUT2D eigenvalue weighted by atomic mass is 16.5. The second-order valence-electron chi connectivity index (χ2n) is 8.69. The van der Waals surface area contributed by atoms with E-state index in [2.05, 4.69) is 0 Å². The van der Waals surface area contributed by atoms with Crippen LogP contribution in [0.15, 0.2) is 115 Å². The summed E-state index contributed by atoms with van der Waals surface area (Å²) in [5.74, 6) is 1.47. The standard InChI is InChI=1S/C33H32O4/c34-31(17-10-22-35-24-27-11-4-1-5-12-27)19-18-30-23-32(36-25-28-13-6-2-7-14-28)20-21-33(30)37-26-29-15-8-3-9-16-29/h1-9,11-16,18-21,23H,10,17,22,24-26H2/b19-18+. The Hall–Kier alpha value is -4.15. The van der Waals surface area contributed by atoms with Gasteiger partial charge in [0.1, 0.15) is 24.7 Å². The lowest BCUT2D eigenvalue weighted by atomic mass is 10.1. The molecule has 0 aromatic heterocycles. The smallest absolute Gasteiger partial charge is 0.155 e. The van der Waals surface area contributed by atoms with Crippen LogP contribution >= 0.6 is 0 Å². The van der Waals surface area contributed by atoms with Crippen molar-refractivity contribution in [2.24, 2.45) is 0 Å². The first-order valence-corrected chi connectivity index (χ1v) is 12.6. The van der Waals surface area contributed by atoms with Gasteiger partial charge in [0.2, 0.25) is 0 Å². The molecule has 4 heteroatoms. The van der Waals surface area contributed by atoms with Crippen molar-refractivity contribution >= 4 is 11.9 Å². The molecule has 37 heavy (non-hydrogen) atoms. The van der Waals surface area contributed by atoms with Gasteiger partial charge in [-0.3, -0.25) is 4.79 Å². The highest BCUT2D eigenvalue weighted by Gasteiger charge is 2.07. The van der Waals surface area contributed by atoms with Gasteiger partial charge in [0.05, 0.1) is 6.61 Å². The fourth-order valence-electron chi connectivity index (χ4n) is 3.73. The maximum absolute atomic E-state index is 12.5. The third kappa shape index (κ3) is 9.10. The Labute approximate surface area is 219 Å². The van der Waals surface area contributed by atoms with Crippen LogP contribution in [0.1, 0.15) is 35.1 Å². The number of ketones is 1. The molecular formula is C33H32O4. The molecule has 4 nitrogen and oxygen atoms in total. The molecule has 0 spiro atoms. The van der Waals surface area contributed by atoms with E-state index in [0.29, 0.717) is 45.0 Å². The van der Waals surface area contributed by atoms with Gasteiger partial charge < -0.3 is 14.2 Å². The Morgan fingerprint density at radius 3 is 1.84 bits per heavy atom. The summed E-state index contributed by atoms with van der Waals surface area (Å²) in [5, 5.41) is 0. The fourth-order valence-corrected chi connectivity index (χ4v) is 3.73. The Bertz CT molecular complexity index is 1250. The van der Waals surface area contributed by atoms with Gasteiger partial charge in [-0.1, -0.05) is 91.0 Å². The van der Waals surface area contributed by atoms with Crippen molar-refractivity contribution in [2.75, 3.05) is 6.61 Å². The summed E-state index contributed by atoms with van der Waals surface area (Å²) in [6.07, 6.45) is 4.52. The first kappa shape index (κ1) is 25.9. The van der Waals surface area contributed by atoms with Crippen LogP contribution < -0.4 is 9.47 Å². The minimum atomic E-state index is 0.0490. The number of carbonyl (C=O) groups is 1. The van der Waals surface area contributed by atoms with Crippen molar-refractivity contribution in [1.29, 1.82) is 0 Å². The molecular weight excluding hydrogens is 460 g/mol. The lowest BCUT2D eigenvalue weighted by Gasteiger charge is -2.12. The van der Waals surface area contributed by atoms with Crippen LogP contribution in [0, 0.1) is 0 Å². The van der Waals surface area contributed by atoms with E-state index in [0.717, 1.165) is 28.0 Å². The Balaban J connectivity index is 1.34. The lowest BCUT2D eigenvalue weighted by Crippen LogP contribution is -2.00. The minimum absolute atomic E-state index is 0.0490. The van der Waals surface area contributed by atoms with E-state index >= 15 is 0 Å². The number of rotatable bonds is 14. The molecule has 0 N–H and O–H groups in total. The Morgan fingerprint density at radius 2 is 1.22 bits per heavy atom. The summed E-state index contributed by atoms with van der Waals surface area (Å²) in [7, 11) is 0. The number of hydrogen-bond acceptors (Lipinski definition) is 4. The van der Waals surface area contributed by atoms with Gasteiger partial charge in [-0.15, -0.1) is 0 Å². The number of hydrogen-bond donors (Lipinski definition) is 0. The van der Waals surface area contributed by atoms with Gasteiger partial charge in [-0.25, -0.2) is 0 Å². The second-order valence-corrected chi connectivity index (χ2v) is 8.69. The molecule has 4 rings (SSSR count). The molecule has 0 heterocycles. The molecule has 0 aliphatic heterocycles. The summed E-state index contributed by atoms with van der Waals surface area (Å²) in [5.41, 5.74) is 4.10. The van der Waals surface area contributed by atoms with E-state index in [-0.39, 0.29) is 5.78 Å². The second kappa shape index (κ2) is 14.4. The molecule has 4 aromatic carbocycles. The highest BCUT2D eigenvalue weighted by Crippen LogP contribution is 2.27. The molecule has 0 bridgehead atoms. The maximum atomic E-state index is 12.5. The summed E-state index contributed by atoms with van der Waals surface area (Å²) >= 11 is 0. The van der Waals surface area contributed by atoms with E-state index in [9.17, 15) is 4.79 Å². The van der Waals surface area contributed by atoms with Crippen LogP contribution in [-0.2, 0) is 29.4 Å². The Kier molecular flexibility index (Phi) is 10.1. The molecule has 0 saturated carbocycles. The van der Waals surface area contributed by atoms with Crippen LogP contribution in [0.3, 0.4) is 0 Å². The largest absolute Gasteiger partial charge is 0.489 e. The van der Waals surface area contributed by atoms with Crippen LogP contribution in [-0.4, -0.2) is 12.4 Å². The summed E-state index contributed by atoms with van der Waals surface area (Å²) in [6, 6.07) is 35.8. The minimum Gasteiger partial charge on any atom is -0.489 e. The lowest BCUT2D eigenvalue weighted by molar-refractivity contribution is -0.114. The van der Waals surface area contributed by atoms with Gasteiger partial charge in [0.25, 0.3) is 0 Å². The predicted molar refractivity (Wildman–Crippen MR) is 147 cm³/mol. The molecule has 0 aliphatic rings. The summed E-state index contributed by atoms with van der Waals surface area (Å²) < 4.78 is 17.8. The first-order valence-electron chi connectivity index (χ1n) is 12.6. The van der Waals surface area contributed by atoms with Crippen molar-refractivity contribution in [3.05, 3.63) is 138 Å². The van der Waals surface area contributed by atoms with Crippen LogP contribution in [0.2, 0.25) is 0 Å². The van der Waals surface area contributed by atoms with Gasteiger partial charge in [0, 0.05) is 18.6 Å². The van der Waals surface area contributed by atoms with Gasteiger partial charge in [-0.05, 0) is 53.5 Å². The monoisotopic (exact) mass is 492 g/mol. The van der Waals surface area contributed by atoms with Gasteiger partial charge >= 0.3 is 0 Å². The van der Waals surface area contributed by atoms with Crippen molar-refractivity contribution < 1.29 is 19.0 Å². The summed E-state index contributed by atoms with van der Waals surface area (Å²) in [4.78, 5) is 12.5. The number of carbonyl (C=O) groups excluding carboxylic acids is 1. The molecule has 0 saturated heterocycles. The molecule has 0 amide bonds. The van der Waals surface area contributed by atoms with Crippen LogP contribution in [0.25, 0.3) is 6.08 Å². The van der Waals surface area contributed by atoms with Crippen molar-refractivity contribution in [1.82, 2.24) is 0 Å². The molecule has 0 radical (unpaired) electrons. The number of ether oxygens (including phenoxy) is 3. The predicted octanol–water partition coefficient (Wildman–Crippen LogP) is 7.42. The molecule has 0 fully saturated rings. The van der Waals surface area contributed by atoms with E-state index in [1.807, 2.05) is 115 Å². The zero-order chi connectivity index (χ0) is 25.5. The van der Waals surface area contributed by atoms with Crippen LogP contribution in [0.4, 0.5) is 0 Å². The normalized spacial score (nSPS) is 10.9. The average Bonchev–Trinajstić information content (AvgIpc) is 2.96. The van der Waals surface area contributed by atoms with E-state index in [1.165, 1.54) is 0 Å². The molecule has 0 aliphatic carbocycles. The van der Waals surface area contributed by atoms with E-state index < -0.39 is 0 Å². The number of allylic oxidation sites excluding steroid dienone is 1. The van der Waals surface area contributed by atoms with Crippen molar-refractivity contribution in [2.45, 2.75) is 32.7 Å². The zero-order valence-electron chi connectivity index (χ0n) is 20.9. The summed E-state index contributed by atoms with van der Waals surface area (Å²) in [6.45, 7) is 2.01. The molecule has 0 unspecified atom stereocenters. The fraction of sp³-hybridized carbons (Fsp3) is 0.182. The first-order chi connectivity index (χ1) is 18.3. The van der Waals surface area contributed by atoms with Gasteiger partial charge in [0.15, 0.2) is 5.78 Å². The molecule has 0 atom stereocenters. The van der Waals surface area contributed by atoms with E-state index in [1.54, 1.807) is 6.08 Å². The third-order valence-electron chi connectivity index (χ3n) is 5.74. The maximum Gasteiger partial charge on any atom is 0.155 e. The molecule has 188 valence electrons. The molecule has 4 aromatic rings. The quantitative estimate of drug-likeness (QED) is 0.136. The SMILES string of the molecule is O=C(/C=C/c1cc(OCc2ccccc2)ccc1OCc1ccccc1)CCCOCc1ccccc1. The highest BCUT2D eigenvalue weighted by molar-refractivity contribution is 5.93. The number of benzene rings is 4. The average molecular weight is 493 g/mol. The van der Waals surface area contributed by atoms with Crippen LogP contribution in [0.5, 0.6) is 11.5 Å². The third-order valence-corrected chi connectivity index (χ3v) is 5.74. The van der Waals surface area contributed by atoms with E-state index in [4.69, 9.17) is 14.2 Å². The topological polar surface area (TPSA) is 44.8 Å². The van der Waals surface area contributed by atoms with Gasteiger partial charge in [-0.2, -0.15) is 0 Å². The van der Waals surface area contributed by atoms with Crippen molar-refractivity contribution in [3.8, 4) is 11.5 Å².